The Hall–Kier alpha value is -1.23. The topological polar surface area (TPSA) is 47.6 Å². The molecule has 1 unspecified atom stereocenters. The van der Waals surface area contributed by atoms with Crippen LogP contribution in [-0.4, -0.2) is 30.5 Å². The van der Waals surface area contributed by atoms with Gasteiger partial charge in [0.05, 0.1) is 0 Å². The average molecular weight is 300 g/mol. The smallest absolute Gasteiger partial charge is 0.251 e. The molecule has 17 heavy (non-hydrogen) atoms. The highest BCUT2D eigenvalue weighted by molar-refractivity contribution is 9.09. The van der Waals surface area contributed by atoms with Gasteiger partial charge in [0.15, 0.2) is 11.5 Å². The number of rotatable bonds is 3. The summed E-state index contributed by atoms with van der Waals surface area (Å²) < 4.78 is 10.8. The van der Waals surface area contributed by atoms with Crippen LogP contribution in [0.4, 0.5) is 0 Å². The van der Waals surface area contributed by atoms with Gasteiger partial charge in [0.25, 0.3) is 5.91 Å². The number of ether oxygens (including phenoxy) is 2. The molecule has 5 heteroatoms. The normalized spacial score (nSPS) is 15.2. The molecular formula is C12H14BrNO3. The van der Waals surface area contributed by atoms with Crippen molar-refractivity contribution in [2.45, 2.75) is 13.0 Å². The molecule has 2 rings (SSSR count). The van der Waals surface area contributed by atoms with Crippen molar-refractivity contribution in [1.29, 1.82) is 0 Å². The molecule has 92 valence electrons. The zero-order valence-electron chi connectivity index (χ0n) is 9.53. The molecule has 1 N–H and O–H groups in total. The van der Waals surface area contributed by atoms with E-state index in [1.165, 1.54) is 0 Å². The summed E-state index contributed by atoms with van der Waals surface area (Å²) >= 11 is 3.32. The van der Waals surface area contributed by atoms with Gasteiger partial charge < -0.3 is 14.8 Å². The first-order chi connectivity index (χ1) is 8.20. The van der Waals surface area contributed by atoms with E-state index in [-0.39, 0.29) is 11.9 Å². The lowest BCUT2D eigenvalue weighted by Crippen LogP contribution is -2.33. The lowest BCUT2D eigenvalue weighted by Gasteiger charge is -2.19. The molecule has 1 amide bonds. The second kappa shape index (κ2) is 5.40. The van der Waals surface area contributed by atoms with Crippen LogP contribution in [0.2, 0.25) is 0 Å². The highest BCUT2D eigenvalue weighted by atomic mass is 79.9. The second-order valence-electron chi connectivity index (χ2n) is 3.89. The zero-order valence-corrected chi connectivity index (χ0v) is 11.1. The fourth-order valence-corrected chi connectivity index (χ4v) is 1.69. The van der Waals surface area contributed by atoms with E-state index in [4.69, 9.17) is 9.47 Å². The molecule has 1 aromatic carbocycles. The van der Waals surface area contributed by atoms with E-state index in [9.17, 15) is 4.79 Å². The van der Waals surface area contributed by atoms with E-state index in [1.54, 1.807) is 18.2 Å². The van der Waals surface area contributed by atoms with Gasteiger partial charge in [-0.3, -0.25) is 4.79 Å². The van der Waals surface area contributed by atoms with Crippen molar-refractivity contribution >= 4 is 21.8 Å². The molecular weight excluding hydrogens is 286 g/mol. The third kappa shape index (κ3) is 2.91. The molecule has 1 aliphatic heterocycles. The number of benzene rings is 1. The maximum Gasteiger partial charge on any atom is 0.251 e. The van der Waals surface area contributed by atoms with Crippen LogP contribution in [0.25, 0.3) is 0 Å². The summed E-state index contributed by atoms with van der Waals surface area (Å²) in [7, 11) is 0. The van der Waals surface area contributed by atoms with E-state index in [2.05, 4.69) is 21.2 Å². The fraction of sp³-hybridized carbons (Fsp3) is 0.417. The van der Waals surface area contributed by atoms with Gasteiger partial charge in [0.1, 0.15) is 13.2 Å². The van der Waals surface area contributed by atoms with Crippen LogP contribution >= 0.6 is 15.9 Å². The number of fused-ring (bicyclic) bond motifs is 1. The van der Waals surface area contributed by atoms with Gasteiger partial charge in [0.2, 0.25) is 0 Å². The summed E-state index contributed by atoms with van der Waals surface area (Å²) in [5.41, 5.74) is 0.585. The van der Waals surface area contributed by atoms with Gasteiger partial charge in [-0.2, -0.15) is 0 Å². The van der Waals surface area contributed by atoms with Crippen molar-refractivity contribution in [3.8, 4) is 11.5 Å². The molecule has 1 aromatic rings. The minimum atomic E-state index is -0.103. The molecule has 1 heterocycles. The number of halogens is 1. The molecule has 0 spiro atoms. The van der Waals surface area contributed by atoms with Gasteiger partial charge in [0, 0.05) is 16.9 Å². The first-order valence-electron chi connectivity index (χ1n) is 5.47. The molecule has 0 bridgehead atoms. The van der Waals surface area contributed by atoms with Gasteiger partial charge in [-0.1, -0.05) is 15.9 Å². The molecule has 1 aliphatic rings. The Labute approximate surface area is 108 Å². The van der Waals surface area contributed by atoms with Crippen molar-refractivity contribution in [1.82, 2.24) is 5.32 Å². The molecule has 4 nitrogen and oxygen atoms in total. The maximum atomic E-state index is 11.9. The van der Waals surface area contributed by atoms with Crippen molar-refractivity contribution in [3.63, 3.8) is 0 Å². The molecule has 0 saturated carbocycles. The van der Waals surface area contributed by atoms with E-state index in [0.717, 1.165) is 5.33 Å². The van der Waals surface area contributed by atoms with Crippen molar-refractivity contribution in [2.75, 3.05) is 18.5 Å². The minimum absolute atomic E-state index is 0.0932. The van der Waals surface area contributed by atoms with Crippen LogP contribution < -0.4 is 14.8 Å². The Morgan fingerprint density at radius 1 is 1.41 bits per heavy atom. The Morgan fingerprint density at radius 2 is 2.12 bits per heavy atom. The number of carbonyl (C=O) groups excluding carboxylic acids is 1. The Bertz CT molecular complexity index is 422. The van der Waals surface area contributed by atoms with Gasteiger partial charge in [-0.05, 0) is 25.1 Å². The van der Waals surface area contributed by atoms with Gasteiger partial charge in [-0.15, -0.1) is 0 Å². The SMILES string of the molecule is CC(CBr)NC(=O)c1ccc2c(c1)OCCO2. The molecule has 0 aliphatic carbocycles. The highest BCUT2D eigenvalue weighted by Crippen LogP contribution is 2.30. The third-order valence-corrected chi connectivity index (χ3v) is 3.38. The van der Waals surface area contributed by atoms with Crippen LogP contribution in [0.1, 0.15) is 17.3 Å². The summed E-state index contributed by atoms with van der Waals surface area (Å²) in [6.45, 7) is 3.01. The summed E-state index contributed by atoms with van der Waals surface area (Å²) in [5, 5.41) is 3.60. The van der Waals surface area contributed by atoms with Crippen LogP contribution in [-0.2, 0) is 0 Å². The predicted molar refractivity (Wildman–Crippen MR) is 68.2 cm³/mol. The van der Waals surface area contributed by atoms with Crippen LogP contribution in [0.5, 0.6) is 11.5 Å². The van der Waals surface area contributed by atoms with Gasteiger partial charge in [-0.25, -0.2) is 0 Å². The Balaban J connectivity index is 2.13. The number of alkyl halides is 1. The van der Waals surface area contributed by atoms with Crippen LogP contribution in [0.15, 0.2) is 18.2 Å². The van der Waals surface area contributed by atoms with E-state index in [0.29, 0.717) is 30.3 Å². The predicted octanol–water partition coefficient (Wildman–Crippen LogP) is 1.97. The number of hydrogen-bond donors (Lipinski definition) is 1. The van der Waals surface area contributed by atoms with E-state index in [1.807, 2.05) is 6.92 Å². The first kappa shape index (κ1) is 12.2. The lowest BCUT2D eigenvalue weighted by molar-refractivity contribution is 0.0942. The zero-order chi connectivity index (χ0) is 12.3. The molecule has 0 radical (unpaired) electrons. The summed E-state index contributed by atoms with van der Waals surface area (Å²) in [4.78, 5) is 11.9. The van der Waals surface area contributed by atoms with Gasteiger partial charge >= 0.3 is 0 Å². The lowest BCUT2D eigenvalue weighted by atomic mass is 10.1. The van der Waals surface area contributed by atoms with E-state index >= 15 is 0 Å². The monoisotopic (exact) mass is 299 g/mol. The summed E-state index contributed by atoms with van der Waals surface area (Å²) in [6.07, 6.45) is 0. The molecule has 0 aromatic heterocycles. The third-order valence-electron chi connectivity index (χ3n) is 2.41. The Kier molecular flexibility index (Phi) is 3.89. The van der Waals surface area contributed by atoms with Crippen LogP contribution in [0, 0.1) is 0 Å². The maximum absolute atomic E-state index is 11.9. The first-order valence-corrected chi connectivity index (χ1v) is 6.59. The average Bonchev–Trinajstić information content (AvgIpc) is 2.38. The summed E-state index contributed by atoms with van der Waals surface area (Å²) in [6, 6.07) is 5.31. The van der Waals surface area contributed by atoms with Crippen molar-refractivity contribution < 1.29 is 14.3 Å². The highest BCUT2D eigenvalue weighted by Gasteiger charge is 2.15. The van der Waals surface area contributed by atoms with E-state index < -0.39 is 0 Å². The molecule has 0 saturated heterocycles. The van der Waals surface area contributed by atoms with Crippen LogP contribution in [0.3, 0.4) is 0 Å². The summed E-state index contributed by atoms with van der Waals surface area (Å²) in [5.74, 6) is 1.23. The molecule has 1 atom stereocenters. The number of carbonyl (C=O) groups is 1. The largest absolute Gasteiger partial charge is 0.486 e. The second-order valence-corrected chi connectivity index (χ2v) is 4.53. The quantitative estimate of drug-likeness (QED) is 0.868. The van der Waals surface area contributed by atoms with Crippen molar-refractivity contribution in [2.24, 2.45) is 0 Å². The number of amides is 1. The number of hydrogen-bond acceptors (Lipinski definition) is 3. The standard InChI is InChI=1S/C12H14BrNO3/c1-8(7-13)14-12(15)9-2-3-10-11(6-9)17-5-4-16-10/h2-3,6,8H,4-5,7H2,1H3,(H,14,15). The van der Waals surface area contributed by atoms with Crippen molar-refractivity contribution in [3.05, 3.63) is 23.8 Å². The molecule has 0 fully saturated rings. The number of nitrogens with one attached hydrogen (secondary N) is 1. The Morgan fingerprint density at radius 3 is 2.82 bits per heavy atom. The fourth-order valence-electron chi connectivity index (χ4n) is 1.53. The minimum Gasteiger partial charge on any atom is -0.486 e.